The van der Waals surface area contributed by atoms with Gasteiger partial charge in [0.25, 0.3) is 0 Å². The van der Waals surface area contributed by atoms with Crippen molar-refractivity contribution in [3.63, 3.8) is 0 Å². The normalized spacial score (nSPS) is 20.0. The van der Waals surface area contributed by atoms with E-state index in [0.717, 1.165) is 6.42 Å². The number of amides is 2. The topological polar surface area (TPSA) is 73.2 Å². The molecule has 14 heavy (non-hydrogen) atoms. The molecule has 1 aliphatic heterocycles. The number of carbonyl (C=O) groups excluding carboxylic acids is 2. The highest BCUT2D eigenvalue weighted by molar-refractivity contribution is 5.99. The van der Waals surface area contributed by atoms with E-state index in [-0.39, 0.29) is 30.9 Å². The van der Waals surface area contributed by atoms with Crippen LogP contribution in [0.15, 0.2) is 0 Å². The molecule has 0 radical (unpaired) electrons. The van der Waals surface area contributed by atoms with E-state index in [9.17, 15) is 9.59 Å². The summed E-state index contributed by atoms with van der Waals surface area (Å²) in [5, 5.41) is 10.8. The highest BCUT2D eigenvalue weighted by atomic mass is 16.2. The Bertz CT molecular complexity index is 266. The maximum Gasteiger partial charge on any atom is 0.240 e. The van der Waals surface area contributed by atoms with Crippen molar-refractivity contribution in [3.05, 3.63) is 0 Å². The van der Waals surface area contributed by atoms with Crippen molar-refractivity contribution in [1.82, 2.24) is 10.2 Å². The van der Waals surface area contributed by atoms with Crippen molar-refractivity contribution in [1.29, 1.82) is 5.26 Å². The van der Waals surface area contributed by atoms with Gasteiger partial charge in [-0.1, -0.05) is 6.92 Å². The third-order valence-electron chi connectivity index (χ3n) is 2.29. The standard InChI is InChI=1S/C9H13N3O2/c1-2-7(3-4-10)12-5-8(13)11-9(14)6-12/h7H,2-3,5-6H2,1H3,(H,11,13,14). The molecule has 0 aromatic rings. The molecule has 1 heterocycles. The summed E-state index contributed by atoms with van der Waals surface area (Å²) in [5.74, 6) is -0.560. The van der Waals surface area contributed by atoms with Gasteiger partial charge in [0, 0.05) is 6.04 Å². The minimum atomic E-state index is -0.280. The second kappa shape index (κ2) is 4.72. The third-order valence-corrected chi connectivity index (χ3v) is 2.29. The summed E-state index contributed by atoms with van der Waals surface area (Å²) in [6.07, 6.45) is 1.13. The smallest absolute Gasteiger partial charge is 0.240 e. The van der Waals surface area contributed by atoms with Crippen molar-refractivity contribution in [2.75, 3.05) is 13.1 Å². The summed E-state index contributed by atoms with van der Waals surface area (Å²) in [6, 6.07) is 2.07. The summed E-state index contributed by atoms with van der Waals surface area (Å²) in [6.45, 7) is 2.37. The number of hydrogen-bond acceptors (Lipinski definition) is 4. The summed E-state index contributed by atoms with van der Waals surface area (Å²) in [4.78, 5) is 23.9. The van der Waals surface area contributed by atoms with Gasteiger partial charge in [0.2, 0.25) is 11.8 Å². The van der Waals surface area contributed by atoms with E-state index in [1.165, 1.54) is 0 Å². The van der Waals surface area contributed by atoms with Crippen molar-refractivity contribution in [3.8, 4) is 6.07 Å². The highest BCUT2D eigenvalue weighted by Gasteiger charge is 2.27. The average Bonchev–Trinajstić information content (AvgIpc) is 2.12. The van der Waals surface area contributed by atoms with Gasteiger partial charge in [-0.15, -0.1) is 0 Å². The van der Waals surface area contributed by atoms with Crippen molar-refractivity contribution in [2.45, 2.75) is 25.8 Å². The summed E-state index contributed by atoms with van der Waals surface area (Å²) >= 11 is 0. The Balaban J connectivity index is 2.61. The van der Waals surface area contributed by atoms with Crippen molar-refractivity contribution >= 4 is 11.8 Å². The van der Waals surface area contributed by atoms with Crippen molar-refractivity contribution in [2.24, 2.45) is 0 Å². The number of carbonyl (C=O) groups is 2. The lowest BCUT2D eigenvalue weighted by atomic mass is 10.1. The Hall–Kier alpha value is -1.41. The lowest BCUT2D eigenvalue weighted by Gasteiger charge is -2.31. The van der Waals surface area contributed by atoms with Gasteiger partial charge in [-0.3, -0.25) is 19.8 Å². The van der Waals surface area contributed by atoms with E-state index in [0.29, 0.717) is 6.42 Å². The summed E-state index contributed by atoms with van der Waals surface area (Å²) in [5.41, 5.74) is 0. The van der Waals surface area contributed by atoms with Crippen LogP contribution in [0.1, 0.15) is 19.8 Å². The van der Waals surface area contributed by atoms with Crippen LogP contribution < -0.4 is 5.32 Å². The Morgan fingerprint density at radius 3 is 2.50 bits per heavy atom. The molecule has 0 bridgehead atoms. The number of piperazine rings is 1. The van der Waals surface area contributed by atoms with Gasteiger partial charge in [0.05, 0.1) is 25.6 Å². The van der Waals surface area contributed by atoms with Gasteiger partial charge in [-0.2, -0.15) is 5.26 Å². The van der Waals surface area contributed by atoms with E-state index < -0.39 is 0 Å². The number of hydrogen-bond donors (Lipinski definition) is 1. The molecule has 0 spiro atoms. The Morgan fingerprint density at radius 2 is 2.07 bits per heavy atom. The first-order valence-electron chi connectivity index (χ1n) is 4.61. The summed E-state index contributed by atoms with van der Waals surface area (Å²) < 4.78 is 0. The molecule has 5 nitrogen and oxygen atoms in total. The molecular formula is C9H13N3O2. The second-order valence-electron chi connectivity index (χ2n) is 3.30. The predicted molar refractivity (Wildman–Crippen MR) is 49.0 cm³/mol. The van der Waals surface area contributed by atoms with E-state index in [1.54, 1.807) is 4.90 Å². The fourth-order valence-corrected chi connectivity index (χ4v) is 1.55. The Labute approximate surface area is 82.7 Å². The molecule has 0 saturated carbocycles. The molecule has 0 aromatic heterocycles. The molecule has 1 aliphatic rings. The van der Waals surface area contributed by atoms with Crippen LogP contribution in [0.25, 0.3) is 0 Å². The van der Waals surface area contributed by atoms with E-state index in [4.69, 9.17) is 5.26 Å². The first-order valence-corrected chi connectivity index (χ1v) is 4.61. The van der Waals surface area contributed by atoms with Gasteiger partial charge >= 0.3 is 0 Å². The minimum Gasteiger partial charge on any atom is -0.294 e. The molecule has 1 atom stereocenters. The SMILES string of the molecule is CCC(CC#N)N1CC(=O)NC(=O)C1. The fourth-order valence-electron chi connectivity index (χ4n) is 1.55. The summed E-state index contributed by atoms with van der Waals surface area (Å²) in [7, 11) is 0. The second-order valence-corrected chi connectivity index (χ2v) is 3.30. The molecule has 1 rings (SSSR count). The molecule has 1 fully saturated rings. The molecule has 76 valence electrons. The lowest BCUT2D eigenvalue weighted by molar-refractivity contribution is -0.137. The van der Waals surface area contributed by atoms with Gasteiger partial charge < -0.3 is 0 Å². The maximum absolute atomic E-state index is 11.1. The number of nitriles is 1. The van der Waals surface area contributed by atoms with Crippen LogP contribution in [0.4, 0.5) is 0 Å². The predicted octanol–water partition coefficient (Wildman–Crippen LogP) is -0.363. The minimum absolute atomic E-state index is 0.00926. The van der Waals surface area contributed by atoms with Crippen LogP contribution in [-0.2, 0) is 9.59 Å². The molecule has 0 aliphatic carbocycles. The van der Waals surface area contributed by atoms with Crippen LogP contribution in [0.2, 0.25) is 0 Å². The fraction of sp³-hybridized carbons (Fsp3) is 0.667. The van der Waals surface area contributed by atoms with Gasteiger partial charge in [-0.05, 0) is 6.42 Å². The van der Waals surface area contributed by atoms with Gasteiger partial charge in [-0.25, -0.2) is 0 Å². The Kier molecular flexibility index (Phi) is 3.60. The van der Waals surface area contributed by atoms with E-state index in [1.807, 2.05) is 6.92 Å². The average molecular weight is 195 g/mol. The maximum atomic E-state index is 11.1. The number of rotatable bonds is 3. The number of imide groups is 1. The van der Waals surface area contributed by atoms with Crippen molar-refractivity contribution < 1.29 is 9.59 Å². The first-order chi connectivity index (χ1) is 6.67. The molecule has 1 unspecified atom stereocenters. The van der Waals surface area contributed by atoms with E-state index in [2.05, 4.69) is 11.4 Å². The first kappa shape index (κ1) is 10.7. The van der Waals surface area contributed by atoms with Crippen LogP contribution in [0.3, 0.4) is 0 Å². The highest BCUT2D eigenvalue weighted by Crippen LogP contribution is 2.09. The quantitative estimate of drug-likeness (QED) is 0.624. The van der Waals surface area contributed by atoms with Crippen LogP contribution in [-0.4, -0.2) is 35.8 Å². The van der Waals surface area contributed by atoms with Crippen LogP contribution in [0.5, 0.6) is 0 Å². The zero-order valence-electron chi connectivity index (χ0n) is 8.12. The third kappa shape index (κ3) is 2.54. The molecule has 2 amide bonds. The van der Waals surface area contributed by atoms with E-state index >= 15 is 0 Å². The van der Waals surface area contributed by atoms with Crippen LogP contribution in [0, 0.1) is 11.3 Å². The molecule has 1 saturated heterocycles. The molecule has 5 heteroatoms. The lowest BCUT2D eigenvalue weighted by Crippen LogP contribution is -2.54. The van der Waals surface area contributed by atoms with Crippen LogP contribution >= 0.6 is 0 Å². The molecule has 1 N–H and O–H groups in total. The van der Waals surface area contributed by atoms with Gasteiger partial charge in [0.1, 0.15) is 0 Å². The van der Waals surface area contributed by atoms with Gasteiger partial charge in [0.15, 0.2) is 0 Å². The molecule has 0 aromatic carbocycles. The number of nitrogens with one attached hydrogen (secondary N) is 1. The zero-order chi connectivity index (χ0) is 10.6. The number of nitrogens with zero attached hydrogens (tertiary/aromatic N) is 2. The zero-order valence-corrected chi connectivity index (χ0v) is 8.12. The Morgan fingerprint density at radius 1 is 1.50 bits per heavy atom. The monoisotopic (exact) mass is 195 g/mol. The largest absolute Gasteiger partial charge is 0.294 e. The molecular weight excluding hydrogens is 182 g/mol.